The molecule has 0 N–H and O–H groups in total. The summed E-state index contributed by atoms with van der Waals surface area (Å²) >= 11 is 5.88. The van der Waals surface area contributed by atoms with E-state index in [0.717, 1.165) is 18.4 Å². The Balaban J connectivity index is 2.39. The van der Waals surface area contributed by atoms with E-state index >= 15 is 0 Å². The molecule has 0 aromatic heterocycles. The molecule has 0 atom stereocenters. The molecule has 0 bridgehead atoms. The molecule has 0 radical (unpaired) electrons. The van der Waals surface area contributed by atoms with Crippen LogP contribution in [0.15, 0.2) is 23.1 Å². The van der Waals surface area contributed by atoms with Crippen molar-refractivity contribution in [2.45, 2.75) is 24.7 Å². The van der Waals surface area contributed by atoms with Crippen LogP contribution >= 0.6 is 11.6 Å². The van der Waals surface area contributed by atoms with Gasteiger partial charge in [-0.2, -0.15) is 4.31 Å². The Morgan fingerprint density at radius 2 is 1.88 bits per heavy atom. The average molecular weight is 260 g/mol. The Labute approximate surface area is 101 Å². The standard InChI is InChI=1S/C11H14ClNO2S/c1-9-8-10(4-5-11(9)12)16(14,15)13-6-2-3-7-13/h4-5,8H,2-3,6-7H2,1H3. The van der Waals surface area contributed by atoms with Crippen LogP contribution in [-0.4, -0.2) is 25.8 Å². The minimum atomic E-state index is -3.30. The second-order valence-electron chi connectivity index (χ2n) is 4.02. The van der Waals surface area contributed by atoms with Crippen molar-refractivity contribution in [2.24, 2.45) is 0 Å². The zero-order valence-corrected chi connectivity index (χ0v) is 10.7. The molecule has 88 valence electrons. The number of hydrogen-bond acceptors (Lipinski definition) is 2. The van der Waals surface area contributed by atoms with Gasteiger partial charge in [-0.1, -0.05) is 11.6 Å². The van der Waals surface area contributed by atoms with Crippen LogP contribution in [0, 0.1) is 6.92 Å². The molecular formula is C11H14ClNO2S. The van der Waals surface area contributed by atoms with E-state index < -0.39 is 10.0 Å². The van der Waals surface area contributed by atoms with Gasteiger partial charge in [0, 0.05) is 18.1 Å². The van der Waals surface area contributed by atoms with Crippen molar-refractivity contribution >= 4 is 21.6 Å². The average Bonchev–Trinajstić information content (AvgIpc) is 2.75. The Hall–Kier alpha value is -0.580. The number of sulfonamides is 1. The van der Waals surface area contributed by atoms with Crippen molar-refractivity contribution in [1.29, 1.82) is 0 Å². The number of benzene rings is 1. The van der Waals surface area contributed by atoms with Gasteiger partial charge < -0.3 is 0 Å². The third-order valence-corrected chi connectivity index (χ3v) is 5.15. The molecule has 0 spiro atoms. The lowest BCUT2D eigenvalue weighted by atomic mass is 10.2. The number of aryl methyl sites for hydroxylation is 1. The summed E-state index contributed by atoms with van der Waals surface area (Å²) in [7, 11) is -3.30. The van der Waals surface area contributed by atoms with E-state index in [1.165, 1.54) is 4.31 Å². The molecule has 16 heavy (non-hydrogen) atoms. The van der Waals surface area contributed by atoms with Crippen molar-refractivity contribution in [1.82, 2.24) is 4.31 Å². The molecule has 1 heterocycles. The highest BCUT2D eigenvalue weighted by Crippen LogP contribution is 2.24. The first-order chi connectivity index (χ1) is 7.51. The molecule has 1 aliphatic heterocycles. The van der Waals surface area contributed by atoms with Crippen LogP contribution in [0.25, 0.3) is 0 Å². The van der Waals surface area contributed by atoms with Crippen molar-refractivity contribution in [3.63, 3.8) is 0 Å². The molecule has 1 aromatic carbocycles. The molecule has 0 amide bonds. The lowest BCUT2D eigenvalue weighted by Crippen LogP contribution is -2.27. The highest BCUT2D eigenvalue weighted by atomic mass is 35.5. The summed E-state index contributed by atoms with van der Waals surface area (Å²) in [6, 6.07) is 4.85. The zero-order valence-electron chi connectivity index (χ0n) is 9.11. The quantitative estimate of drug-likeness (QED) is 0.818. The van der Waals surface area contributed by atoms with Gasteiger partial charge in [-0.3, -0.25) is 0 Å². The van der Waals surface area contributed by atoms with Crippen molar-refractivity contribution in [3.8, 4) is 0 Å². The zero-order chi connectivity index (χ0) is 11.8. The molecular weight excluding hydrogens is 246 g/mol. The fourth-order valence-corrected chi connectivity index (χ4v) is 3.58. The van der Waals surface area contributed by atoms with Crippen molar-refractivity contribution in [3.05, 3.63) is 28.8 Å². The second kappa shape index (κ2) is 4.35. The lowest BCUT2D eigenvalue weighted by molar-refractivity contribution is 0.477. The molecule has 1 fully saturated rings. The third-order valence-electron chi connectivity index (χ3n) is 2.83. The number of nitrogens with zero attached hydrogens (tertiary/aromatic N) is 1. The van der Waals surface area contributed by atoms with E-state index in [0.29, 0.717) is 23.0 Å². The van der Waals surface area contributed by atoms with E-state index in [4.69, 9.17) is 11.6 Å². The van der Waals surface area contributed by atoms with Crippen molar-refractivity contribution in [2.75, 3.05) is 13.1 Å². The topological polar surface area (TPSA) is 37.4 Å². The fraction of sp³-hybridized carbons (Fsp3) is 0.455. The van der Waals surface area contributed by atoms with Crippen LogP contribution in [0.5, 0.6) is 0 Å². The van der Waals surface area contributed by atoms with E-state index in [1.54, 1.807) is 18.2 Å². The first-order valence-electron chi connectivity index (χ1n) is 5.28. The molecule has 0 unspecified atom stereocenters. The Kier molecular flexibility index (Phi) is 3.24. The van der Waals surface area contributed by atoms with E-state index in [-0.39, 0.29) is 0 Å². The van der Waals surface area contributed by atoms with E-state index in [1.807, 2.05) is 6.92 Å². The molecule has 2 rings (SSSR count). The van der Waals surface area contributed by atoms with Gasteiger partial charge in [-0.25, -0.2) is 8.42 Å². The smallest absolute Gasteiger partial charge is 0.207 e. The van der Waals surface area contributed by atoms with Crippen molar-refractivity contribution < 1.29 is 8.42 Å². The van der Waals surface area contributed by atoms with E-state index in [9.17, 15) is 8.42 Å². The van der Waals surface area contributed by atoms with E-state index in [2.05, 4.69) is 0 Å². The number of halogens is 1. The first kappa shape index (κ1) is 11.9. The predicted octanol–water partition coefficient (Wildman–Crippen LogP) is 2.43. The maximum absolute atomic E-state index is 12.2. The largest absolute Gasteiger partial charge is 0.243 e. The summed E-state index contributed by atoms with van der Waals surface area (Å²) in [4.78, 5) is 0.344. The normalized spacial score (nSPS) is 17.9. The molecule has 1 aromatic rings. The van der Waals surface area contributed by atoms with Gasteiger partial charge in [0.05, 0.1) is 4.90 Å². The Morgan fingerprint density at radius 3 is 2.44 bits per heavy atom. The van der Waals surface area contributed by atoms with Gasteiger partial charge in [0.1, 0.15) is 0 Å². The maximum atomic E-state index is 12.2. The summed E-state index contributed by atoms with van der Waals surface area (Å²) in [5.74, 6) is 0. The third kappa shape index (κ3) is 2.10. The van der Waals surface area contributed by atoms with Gasteiger partial charge in [0.15, 0.2) is 0 Å². The van der Waals surface area contributed by atoms with Gasteiger partial charge in [0.25, 0.3) is 0 Å². The van der Waals surface area contributed by atoms with Crippen LogP contribution in [0.1, 0.15) is 18.4 Å². The lowest BCUT2D eigenvalue weighted by Gasteiger charge is -2.15. The van der Waals surface area contributed by atoms with Crippen LogP contribution in [0.2, 0.25) is 5.02 Å². The fourth-order valence-electron chi connectivity index (χ4n) is 1.86. The molecule has 0 aliphatic carbocycles. The van der Waals surface area contributed by atoms with Gasteiger partial charge in [0.2, 0.25) is 10.0 Å². The number of hydrogen-bond donors (Lipinski definition) is 0. The molecule has 1 saturated heterocycles. The highest BCUT2D eigenvalue weighted by Gasteiger charge is 2.27. The predicted molar refractivity (Wildman–Crippen MR) is 64.2 cm³/mol. The SMILES string of the molecule is Cc1cc(S(=O)(=O)N2CCCC2)ccc1Cl. The summed E-state index contributed by atoms with van der Waals surface area (Å²) < 4.78 is 25.9. The maximum Gasteiger partial charge on any atom is 0.243 e. The highest BCUT2D eigenvalue weighted by molar-refractivity contribution is 7.89. The minimum Gasteiger partial charge on any atom is -0.207 e. The van der Waals surface area contributed by atoms with Gasteiger partial charge >= 0.3 is 0 Å². The van der Waals surface area contributed by atoms with Gasteiger partial charge in [-0.15, -0.1) is 0 Å². The molecule has 1 aliphatic rings. The summed E-state index contributed by atoms with van der Waals surface area (Å²) in [6.07, 6.45) is 1.90. The monoisotopic (exact) mass is 259 g/mol. The first-order valence-corrected chi connectivity index (χ1v) is 7.10. The summed E-state index contributed by atoms with van der Waals surface area (Å²) in [6.45, 7) is 3.07. The molecule has 0 saturated carbocycles. The molecule has 3 nitrogen and oxygen atoms in total. The minimum absolute atomic E-state index is 0.344. The summed E-state index contributed by atoms with van der Waals surface area (Å²) in [5, 5.41) is 0.598. The Bertz CT molecular complexity index is 493. The summed E-state index contributed by atoms with van der Waals surface area (Å²) in [5.41, 5.74) is 0.793. The Morgan fingerprint density at radius 1 is 1.25 bits per heavy atom. The van der Waals surface area contributed by atoms with Crippen LogP contribution in [-0.2, 0) is 10.0 Å². The number of rotatable bonds is 2. The van der Waals surface area contributed by atoms with Crippen LogP contribution in [0.4, 0.5) is 0 Å². The van der Waals surface area contributed by atoms with Crippen LogP contribution < -0.4 is 0 Å². The van der Waals surface area contributed by atoms with Gasteiger partial charge in [-0.05, 0) is 43.5 Å². The molecule has 5 heteroatoms. The second-order valence-corrected chi connectivity index (χ2v) is 6.37. The van der Waals surface area contributed by atoms with Crippen LogP contribution in [0.3, 0.4) is 0 Å².